The lowest BCUT2D eigenvalue weighted by molar-refractivity contribution is -0.134. The first kappa shape index (κ1) is 45.8. The maximum absolute atomic E-state index is 14.0. The van der Waals surface area contributed by atoms with Crippen molar-refractivity contribution in [1.29, 1.82) is 0 Å². The molecule has 0 spiro atoms. The van der Waals surface area contributed by atoms with Gasteiger partial charge in [-0.3, -0.25) is 14.4 Å². The highest BCUT2D eigenvalue weighted by atomic mass is 16.6. The number of nitrogens with one attached hydrogen (secondary N) is 3. The fourth-order valence-corrected chi connectivity index (χ4v) is 6.41. The molecule has 3 aromatic carbocycles. The zero-order chi connectivity index (χ0) is 42.4. The normalized spacial score (nSPS) is 13.9. The van der Waals surface area contributed by atoms with E-state index in [4.69, 9.17) is 23.7 Å². The third kappa shape index (κ3) is 12.5. The van der Waals surface area contributed by atoms with Gasteiger partial charge in [-0.25, -0.2) is 4.79 Å². The summed E-state index contributed by atoms with van der Waals surface area (Å²) in [5, 5.41) is 19.6. The van der Waals surface area contributed by atoms with Crippen molar-refractivity contribution in [2.75, 3.05) is 33.8 Å². The highest BCUT2D eigenvalue weighted by molar-refractivity contribution is 6.04. The summed E-state index contributed by atoms with van der Waals surface area (Å²) in [5.41, 5.74) is 2.88. The van der Waals surface area contributed by atoms with E-state index in [1.54, 1.807) is 51.1 Å². The second kappa shape index (κ2) is 21.1. The Balaban J connectivity index is 0.00000428. The van der Waals surface area contributed by atoms with Crippen molar-refractivity contribution >= 4 is 35.0 Å². The fraction of sp³-hybridized carbons (Fsp3) is 0.455. The van der Waals surface area contributed by atoms with Crippen LogP contribution in [0.3, 0.4) is 0 Å². The van der Waals surface area contributed by atoms with Crippen LogP contribution in [0.25, 0.3) is 5.57 Å². The number of fused-ring (bicyclic) bond motifs is 1. The Kier molecular flexibility index (Phi) is 17.0. The number of allylic oxidation sites excluding steroid dienone is 1. The van der Waals surface area contributed by atoms with Gasteiger partial charge < -0.3 is 44.7 Å². The Morgan fingerprint density at radius 1 is 0.807 bits per heavy atom. The highest BCUT2D eigenvalue weighted by Crippen LogP contribution is 2.47. The predicted octanol–water partition coefficient (Wildman–Crippen LogP) is 6.66. The highest BCUT2D eigenvalue weighted by Gasteiger charge is 2.33. The predicted molar refractivity (Wildman–Crippen MR) is 220 cm³/mol. The lowest BCUT2D eigenvalue weighted by atomic mass is 9.92. The molecule has 4 N–H and O–H groups in total. The monoisotopic (exact) mass is 789 g/mol. The van der Waals surface area contributed by atoms with Crippen LogP contribution >= 0.6 is 0 Å². The second-order valence-electron chi connectivity index (χ2n) is 14.7. The number of methoxy groups -OCH3 is 4. The Hall–Kier alpha value is -5.56. The molecule has 1 aliphatic rings. The van der Waals surface area contributed by atoms with Crippen molar-refractivity contribution in [2.45, 2.75) is 97.9 Å². The molecule has 0 aliphatic heterocycles. The molecule has 0 fully saturated rings. The Labute approximate surface area is 336 Å². The molecule has 3 atom stereocenters. The molecule has 0 heterocycles. The Bertz CT molecular complexity index is 1880. The summed E-state index contributed by atoms with van der Waals surface area (Å²) in [6.07, 6.45) is 0.0113. The third-order valence-corrected chi connectivity index (χ3v) is 8.91. The van der Waals surface area contributed by atoms with Gasteiger partial charge in [0.15, 0.2) is 23.4 Å². The summed E-state index contributed by atoms with van der Waals surface area (Å²) in [4.78, 5) is 53.6. The summed E-state index contributed by atoms with van der Waals surface area (Å²) < 4.78 is 28.0. The number of hydrogen-bond donors (Lipinski definition) is 4. The van der Waals surface area contributed by atoms with Gasteiger partial charge in [0.1, 0.15) is 17.4 Å². The van der Waals surface area contributed by atoms with Gasteiger partial charge in [0.2, 0.25) is 11.7 Å². The SMILES string of the molecule is CC.COc1ccc(C2=CC(=O)CCc3c2cc(OC)c(OC)c3OC)cc1NC(=O)C(CC(C)C)NC(=O)C(O)C(Cc1ccccc1)NC(=O)OC(C)(C)C. The van der Waals surface area contributed by atoms with E-state index >= 15 is 0 Å². The molecule has 3 aromatic rings. The molecular formula is C44H59N3O10. The van der Waals surface area contributed by atoms with Crippen molar-refractivity contribution in [3.8, 4) is 23.0 Å². The van der Waals surface area contributed by atoms with Crippen molar-refractivity contribution in [3.63, 3.8) is 0 Å². The van der Waals surface area contributed by atoms with E-state index in [9.17, 15) is 24.3 Å². The molecule has 0 aromatic heterocycles. The third-order valence-electron chi connectivity index (χ3n) is 8.91. The van der Waals surface area contributed by atoms with Crippen LogP contribution in [0.2, 0.25) is 0 Å². The topological polar surface area (TPSA) is 171 Å². The maximum Gasteiger partial charge on any atom is 0.407 e. The zero-order valence-electron chi connectivity index (χ0n) is 35.0. The molecule has 13 nitrogen and oxygen atoms in total. The summed E-state index contributed by atoms with van der Waals surface area (Å²) in [7, 11) is 6.03. The Morgan fingerprint density at radius 2 is 1.46 bits per heavy atom. The van der Waals surface area contributed by atoms with Gasteiger partial charge in [-0.1, -0.05) is 64.1 Å². The molecule has 57 heavy (non-hydrogen) atoms. The van der Waals surface area contributed by atoms with Crippen LogP contribution in [0, 0.1) is 5.92 Å². The molecule has 0 saturated carbocycles. The van der Waals surface area contributed by atoms with Gasteiger partial charge in [-0.05, 0) is 92.5 Å². The molecule has 13 heteroatoms. The fourth-order valence-electron chi connectivity index (χ4n) is 6.41. The number of anilines is 1. The minimum absolute atomic E-state index is 0.0398. The smallest absolute Gasteiger partial charge is 0.407 e. The van der Waals surface area contributed by atoms with Crippen LogP contribution in [0.4, 0.5) is 10.5 Å². The average Bonchev–Trinajstić information content (AvgIpc) is 3.34. The number of ketones is 1. The number of benzene rings is 3. The number of carbonyl (C=O) groups excluding carboxylic acids is 4. The lowest BCUT2D eigenvalue weighted by Gasteiger charge is -2.28. The molecule has 4 rings (SSSR count). The van der Waals surface area contributed by atoms with Gasteiger partial charge in [-0.2, -0.15) is 0 Å². The van der Waals surface area contributed by atoms with Crippen LogP contribution in [-0.4, -0.2) is 81.0 Å². The van der Waals surface area contributed by atoms with E-state index < -0.39 is 41.7 Å². The van der Waals surface area contributed by atoms with E-state index in [0.29, 0.717) is 46.1 Å². The minimum atomic E-state index is -1.74. The molecule has 1 aliphatic carbocycles. The zero-order valence-corrected chi connectivity index (χ0v) is 35.0. The van der Waals surface area contributed by atoms with E-state index in [1.807, 2.05) is 58.0 Å². The number of alkyl carbamates (subject to hydrolysis) is 1. The molecule has 3 unspecified atom stereocenters. The second-order valence-corrected chi connectivity index (χ2v) is 14.7. The standard InChI is InChI=1S/C42H53N3O10.C2H6/c1-24(2)19-33(44-40(49)36(47)32(20-25-13-11-10-12-14-25)45-41(50)55-42(3,4)5)39(48)43-31-21-26(15-18-34(31)51-6)29-22-27(46)16-17-28-30(29)23-35(52-7)38(54-9)37(28)53-8;1-2/h10-15,18,21-24,32-33,36,47H,16-17,19-20H2,1-9H3,(H,43,48)(H,44,49)(H,45,50);1-2H3. The number of aliphatic hydroxyl groups excluding tert-OH is 1. The number of aliphatic hydroxyl groups is 1. The average molecular weight is 790 g/mol. The van der Waals surface area contributed by atoms with Crippen molar-refractivity contribution in [1.82, 2.24) is 10.6 Å². The molecule has 0 bridgehead atoms. The summed E-state index contributed by atoms with van der Waals surface area (Å²) in [6.45, 7) is 12.9. The van der Waals surface area contributed by atoms with Gasteiger partial charge in [0.05, 0.1) is 40.2 Å². The number of rotatable bonds is 15. The number of hydrogen-bond acceptors (Lipinski definition) is 10. The van der Waals surface area contributed by atoms with Gasteiger partial charge in [-0.15, -0.1) is 0 Å². The number of carbonyl (C=O) groups is 4. The first-order valence-electron chi connectivity index (χ1n) is 19.2. The van der Waals surface area contributed by atoms with Crippen LogP contribution in [0.15, 0.2) is 60.7 Å². The van der Waals surface area contributed by atoms with Crippen LogP contribution in [0.1, 0.15) is 83.6 Å². The van der Waals surface area contributed by atoms with E-state index in [0.717, 1.165) is 11.1 Å². The quantitative estimate of drug-likeness (QED) is 0.131. The summed E-state index contributed by atoms with van der Waals surface area (Å²) in [6, 6.07) is 13.9. The lowest BCUT2D eigenvalue weighted by Crippen LogP contribution is -2.55. The summed E-state index contributed by atoms with van der Waals surface area (Å²) >= 11 is 0. The summed E-state index contributed by atoms with van der Waals surface area (Å²) in [5.74, 6) is 0.0692. The van der Waals surface area contributed by atoms with Crippen LogP contribution in [-0.2, 0) is 32.0 Å². The molecule has 3 amide bonds. The maximum atomic E-state index is 14.0. The molecule has 0 saturated heterocycles. The molecule has 0 radical (unpaired) electrons. The van der Waals surface area contributed by atoms with Crippen LogP contribution < -0.4 is 34.9 Å². The first-order valence-corrected chi connectivity index (χ1v) is 19.2. The van der Waals surface area contributed by atoms with Crippen molar-refractivity contribution in [3.05, 3.63) is 82.9 Å². The van der Waals surface area contributed by atoms with Crippen molar-refractivity contribution in [2.24, 2.45) is 5.92 Å². The molecular weight excluding hydrogens is 730 g/mol. The van der Waals surface area contributed by atoms with E-state index in [-0.39, 0.29) is 36.7 Å². The van der Waals surface area contributed by atoms with Crippen LogP contribution in [0.5, 0.6) is 23.0 Å². The van der Waals surface area contributed by atoms with Gasteiger partial charge >= 0.3 is 6.09 Å². The van der Waals surface area contributed by atoms with Gasteiger partial charge in [0, 0.05) is 12.0 Å². The number of ether oxygens (including phenoxy) is 5. The first-order chi connectivity index (χ1) is 27.1. The van der Waals surface area contributed by atoms with Crippen molar-refractivity contribution < 1.29 is 48.0 Å². The largest absolute Gasteiger partial charge is 0.495 e. The Morgan fingerprint density at radius 3 is 2.04 bits per heavy atom. The number of amides is 3. The minimum Gasteiger partial charge on any atom is -0.495 e. The van der Waals surface area contributed by atoms with E-state index in [2.05, 4.69) is 16.0 Å². The van der Waals surface area contributed by atoms with E-state index in [1.165, 1.54) is 28.4 Å². The van der Waals surface area contributed by atoms with Gasteiger partial charge in [0.25, 0.3) is 5.91 Å². The molecule has 310 valence electrons.